The molecule has 154 valence electrons. The lowest BCUT2D eigenvalue weighted by atomic mass is 9.81. The first-order valence-electron chi connectivity index (χ1n) is 9.17. The van der Waals surface area contributed by atoms with Gasteiger partial charge >= 0.3 is 0 Å². The second kappa shape index (κ2) is 7.33. The molecular formula is C19H22F2N6OS. The van der Waals surface area contributed by atoms with Crippen LogP contribution in [-0.4, -0.2) is 48.1 Å². The minimum absolute atomic E-state index is 0.0126. The van der Waals surface area contributed by atoms with Gasteiger partial charge < -0.3 is 20.7 Å². The van der Waals surface area contributed by atoms with E-state index in [0.717, 1.165) is 5.69 Å². The van der Waals surface area contributed by atoms with Gasteiger partial charge in [-0.15, -0.1) is 0 Å². The zero-order valence-electron chi connectivity index (χ0n) is 16.4. The molecule has 0 radical (unpaired) electrons. The molecule has 2 aromatic rings. The molecule has 2 aliphatic rings. The lowest BCUT2D eigenvalue weighted by molar-refractivity contribution is 0.364. The van der Waals surface area contributed by atoms with E-state index in [2.05, 4.69) is 15.3 Å². The van der Waals surface area contributed by atoms with E-state index in [1.807, 2.05) is 4.90 Å². The quantitative estimate of drug-likeness (QED) is 0.786. The van der Waals surface area contributed by atoms with Crippen molar-refractivity contribution in [3.05, 3.63) is 41.1 Å². The smallest absolute Gasteiger partial charge is 0.255 e. The molecule has 3 N–H and O–H groups in total. The van der Waals surface area contributed by atoms with Gasteiger partial charge in [0.05, 0.1) is 19.3 Å². The van der Waals surface area contributed by atoms with Crippen LogP contribution >= 0.6 is 11.8 Å². The van der Waals surface area contributed by atoms with Crippen molar-refractivity contribution < 1.29 is 13.5 Å². The van der Waals surface area contributed by atoms with Crippen LogP contribution in [0.4, 0.5) is 20.4 Å². The molecule has 1 fully saturated rings. The molecule has 1 aromatic carbocycles. The first kappa shape index (κ1) is 19.7. The molecule has 1 saturated heterocycles. The number of methoxy groups -OCH3 is 1. The van der Waals surface area contributed by atoms with Crippen LogP contribution in [0.5, 0.6) is 5.88 Å². The lowest BCUT2D eigenvalue weighted by Gasteiger charge is -2.35. The van der Waals surface area contributed by atoms with E-state index in [1.165, 1.54) is 24.9 Å². The minimum Gasteiger partial charge on any atom is -0.479 e. The van der Waals surface area contributed by atoms with Crippen LogP contribution < -0.4 is 20.7 Å². The van der Waals surface area contributed by atoms with Gasteiger partial charge in [-0.2, -0.15) is 9.37 Å². The number of nitrogens with zero attached hydrogens (tertiary/aromatic N) is 4. The van der Waals surface area contributed by atoms with Gasteiger partial charge in [-0.25, -0.2) is 14.4 Å². The number of thioether (sulfide) groups is 1. The van der Waals surface area contributed by atoms with Crippen molar-refractivity contribution in [2.45, 2.75) is 12.5 Å². The van der Waals surface area contributed by atoms with E-state index in [-0.39, 0.29) is 23.3 Å². The van der Waals surface area contributed by atoms with E-state index in [4.69, 9.17) is 15.5 Å². The number of benzene rings is 1. The average Bonchev–Trinajstić information content (AvgIpc) is 3.10. The fraction of sp³-hybridized carbons (Fsp3) is 0.421. The number of aryl methyl sites for hydroxylation is 1. The number of hydrogen-bond acceptors (Lipinski definition) is 8. The minimum atomic E-state index is -0.870. The fourth-order valence-electron chi connectivity index (χ4n) is 3.96. The largest absolute Gasteiger partial charge is 0.479 e. The van der Waals surface area contributed by atoms with E-state index in [9.17, 15) is 8.78 Å². The van der Waals surface area contributed by atoms with Gasteiger partial charge in [-0.05, 0) is 25.1 Å². The molecule has 0 aliphatic carbocycles. The Morgan fingerprint density at radius 1 is 1.34 bits per heavy atom. The molecule has 29 heavy (non-hydrogen) atoms. The summed E-state index contributed by atoms with van der Waals surface area (Å²) in [6.07, 6.45) is 0. The Bertz CT molecular complexity index is 987. The third kappa shape index (κ3) is 3.25. The number of ether oxygens (including phenoxy) is 1. The van der Waals surface area contributed by atoms with Gasteiger partial charge in [0.2, 0.25) is 11.8 Å². The summed E-state index contributed by atoms with van der Waals surface area (Å²) < 4.78 is 34.1. The summed E-state index contributed by atoms with van der Waals surface area (Å²) in [5, 5.41) is 3.47. The van der Waals surface area contributed by atoms with Crippen LogP contribution in [0.25, 0.3) is 0 Å². The van der Waals surface area contributed by atoms with Crippen molar-refractivity contribution in [3.63, 3.8) is 0 Å². The summed E-state index contributed by atoms with van der Waals surface area (Å²) in [6, 6.07) is 4.89. The van der Waals surface area contributed by atoms with E-state index in [0.29, 0.717) is 35.5 Å². The third-order valence-electron chi connectivity index (χ3n) is 5.46. The Hall–Kier alpha value is -2.62. The SMILES string of the molecule is CNc1ccc(F)c([C@]23CN(c4nc(C)c(F)c(OC)n4)C[C@H]2CSC(N)=N3)c1. The molecule has 10 heteroatoms. The van der Waals surface area contributed by atoms with Crippen LogP contribution in [-0.2, 0) is 5.54 Å². The molecule has 1 aromatic heterocycles. The van der Waals surface area contributed by atoms with Gasteiger partial charge in [-0.3, -0.25) is 0 Å². The highest BCUT2D eigenvalue weighted by atomic mass is 32.2. The Labute approximate surface area is 171 Å². The van der Waals surface area contributed by atoms with Crippen molar-refractivity contribution in [2.24, 2.45) is 16.6 Å². The second-order valence-electron chi connectivity index (χ2n) is 7.14. The number of nitrogens with two attached hydrogens (primary N) is 1. The number of rotatable bonds is 4. The monoisotopic (exact) mass is 420 g/mol. The molecule has 0 amide bonds. The molecule has 0 unspecified atom stereocenters. The van der Waals surface area contributed by atoms with Gasteiger partial charge in [0.15, 0.2) is 5.17 Å². The van der Waals surface area contributed by atoms with Crippen LogP contribution in [0.15, 0.2) is 23.2 Å². The Balaban J connectivity index is 1.81. The molecule has 0 spiro atoms. The van der Waals surface area contributed by atoms with Crippen molar-refractivity contribution in [2.75, 3.05) is 43.2 Å². The number of nitrogens with one attached hydrogen (secondary N) is 1. The maximum atomic E-state index is 15.0. The molecule has 2 aliphatic heterocycles. The Morgan fingerprint density at radius 2 is 2.14 bits per heavy atom. The number of aromatic nitrogens is 2. The van der Waals surface area contributed by atoms with Crippen molar-refractivity contribution in [1.29, 1.82) is 0 Å². The summed E-state index contributed by atoms with van der Waals surface area (Å²) in [4.78, 5) is 15.1. The van der Waals surface area contributed by atoms with Gasteiger partial charge in [0, 0.05) is 36.5 Å². The molecule has 4 rings (SSSR count). The van der Waals surface area contributed by atoms with Crippen molar-refractivity contribution in [3.8, 4) is 5.88 Å². The molecule has 2 atom stereocenters. The summed E-state index contributed by atoms with van der Waals surface area (Å²) >= 11 is 1.45. The summed E-state index contributed by atoms with van der Waals surface area (Å²) in [7, 11) is 3.14. The highest BCUT2D eigenvalue weighted by molar-refractivity contribution is 8.13. The van der Waals surface area contributed by atoms with Gasteiger partial charge in [0.25, 0.3) is 5.88 Å². The fourth-order valence-corrected chi connectivity index (χ4v) is 4.94. The normalized spacial score (nSPS) is 23.6. The Morgan fingerprint density at radius 3 is 2.86 bits per heavy atom. The molecule has 7 nitrogen and oxygen atoms in total. The van der Waals surface area contributed by atoms with E-state index < -0.39 is 11.4 Å². The van der Waals surface area contributed by atoms with Crippen LogP contribution in [0, 0.1) is 24.5 Å². The highest BCUT2D eigenvalue weighted by Crippen LogP contribution is 2.47. The van der Waals surface area contributed by atoms with Gasteiger partial charge in [-0.1, -0.05) is 11.8 Å². The number of fused-ring (bicyclic) bond motifs is 1. The van der Waals surface area contributed by atoms with E-state index in [1.54, 1.807) is 26.1 Å². The number of halogens is 2. The number of anilines is 2. The molecule has 0 saturated carbocycles. The maximum Gasteiger partial charge on any atom is 0.255 e. The zero-order chi connectivity index (χ0) is 20.8. The first-order valence-corrected chi connectivity index (χ1v) is 10.2. The summed E-state index contributed by atoms with van der Waals surface area (Å²) in [6.45, 7) is 2.43. The van der Waals surface area contributed by atoms with E-state index >= 15 is 0 Å². The average molecular weight is 420 g/mol. The Kier molecular flexibility index (Phi) is 4.97. The summed E-state index contributed by atoms with van der Waals surface area (Å²) in [5.74, 6) is -0.0370. The topological polar surface area (TPSA) is 88.7 Å². The molecule has 3 heterocycles. The summed E-state index contributed by atoms with van der Waals surface area (Å²) in [5.41, 5.74) is 6.65. The predicted molar refractivity (Wildman–Crippen MR) is 111 cm³/mol. The number of aliphatic imine (C=N–C) groups is 1. The highest BCUT2D eigenvalue weighted by Gasteiger charge is 2.52. The van der Waals surface area contributed by atoms with Crippen molar-refractivity contribution in [1.82, 2.24) is 9.97 Å². The maximum absolute atomic E-state index is 15.0. The van der Waals surface area contributed by atoms with Gasteiger partial charge in [0.1, 0.15) is 11.4 Å². The van der Waals surface area contributed by atoms with Crippen LogP contribution in [0.3, 0.4) is 0 Å². The molecular weight excluding hydrogens is 398 g/mol. The third-order valence-corrected chi connectivity index (χ3v) is 6.42. The second-order valence-corrected chi connectivity index (χ2v) is 8.18. The number of hydrogen-bond donors (Lipinski definition) is 2. The molecule has 0 bridgehead atoms. The number of amidine groups is 1. The zero-order valence-corrected chi connectivity index (χ0v) is 17.2. The first-order chi connectivity index (χ1) is 13.9. The predicted octanol–water partition coefficient (Wildman–Crippen LogP) is 2.51. The lowest BCUT2D eigenvalue weighted by Crippen LogP contribution is -2.40. The van der Waals surface area contributed by atoms with Crippen LogP contribution in [0.1, 0.15) is 11.3 Å². The van der Waals surface area contributed by atoms with Crippen LogP contribution in [0.2, 0.25) is 0 Å². The van der Waals surface area contributed by atoms with Crippen molar-refractivity contribution >= 4 is 28.6 Å². The standard InChI is InChI=1S/C19H22F2N6OS/c1-10-15(21)16(28-3)25-18(24-10)27-7-11-8-29-17(22)26-19(11,9-27)13-6-12(23-2)4-5-14(13)20/h4-6,11,23H,7-9H2,1-3H3,(H2,22,26)/t11-,19-/m0/s1.